The molecule has 0 unspecified atom stereocenters. The zero-order valence-electron chi connectivity index (χ0n) is 9.82. The van der Waals surface area contributed by atoms with E-state index in [0.29, 0.717) is 11.3 Å². The first-order valence-electron chi connectivity index (χ1n) is 5.83. The van der Waals surface area contributed by atoms with Gasteiger partial charge in [0.2, 0.25) is 5.91 Å². The number of benzene rings is 1. The molecule has 0 heterocycles. The first kappa shape index (κ1) is 11.6. The molecule has 0 aromatic heterocycles. The summed E-state index contributed by atoms with van der Waals surface area (Å²) in [6.07, 6.45) is 3.08. The topological polar surface area (TPSA) is 58.2 Å². The van der Waals surface area contributed by atoms with Gasteiger partial charge in [0.05, 0.1) is 0 Å². The van der Waals surface area contributed by atoms with E-state index in [0.717, 1.165) is 19.3 Å². The number of amides is 2. The highest BCUT2D eigenvalue weighted by Crippen LogP contribution is 2.27. The fourth-order valence-electron chi connectivity index (χ4n) is 1.80. The van der Waals surface area contributed by atoms with Gasteiger partial charge >= 0.3 is 0 Å². The maximum atomic E-state index is 11.7. The first-order chi connectivity index (χ1) is 8.20. The van der Waals surface area contributed by atoms with Crippen LogP contribution in [0, 0.1) is 5.92 Å². The minimum absolute atomic E-state index is 0.0605. The minimum Gasteiger partial charge on any atom is -0.355 e. The van der Waals surface area contributed by atoms with E-state index in [-0.39, 0.29) is 17.7 Å². The molecular formula is C13H16N2O2. The van der Waals surface area contributed by atoms with Gasteiger partial charge < -0.3 is 10.6 Å². The molecular weight excluding hydrogens is 216 g/mol. The van der Waals surface area contributed by atoms with Gasteiger partial charge in [0.25, 0.3) is 5.91 Å². The summed E-state index contributed by atoms with van der Waals surface area (Å²) in [6, 6.07) is 6.97. The lowest BCUT2D eigenvalue weighted by molar-refractivity contribution is -0.122. The monoisotopic (exact) mass is 232 g/mol. The summed E-state index contributed by atoms with van der Waals surface area (Å²) in [5, 5.41) is 5.40. The third-order valence-electron chi connectivity index (χ3n) is 3.10. The van der Waals surface area contributed by atoms with E-state index in [4.69, 9.17) is 0 Å². The van der Waals surface area contributed by atoms with Crippen LogP contribution in [0.25, 0.3) is 0 Å². The largest absolute Gasteiger partial charge is 0.355 e. The predicted molar refractivity (Wildman–Crippen MR) is 65.8 cm³/mol. The van der Waals surface area contributed by atoms with Crippen LogP contribution in [0.3, 0.4) is 0 Å². The molecule has 17 heavy (non-hydrogen) atoms. The highest BCUT2D eigenvalue weighted by molar-refractivity contribution is 5.97. The third kappa shape index (κ3) is 2.64. The van der Waals surface area contributed by atoms with E-state index in [1.807, 2.05) is 0 Å². The second-order valence-corrected chi connectivity index (χ2v) is 4.28. The van der Waals surface area contributed by atoms with Crippen LogP contribution in [0.5, 0.6) is 0 Å². The molecule has 4 heteroatoms. The summed E-state index contributed by atoms with van der Waals surface area (Å²) >= 11 is 0. The first-order valence-corrected chi connectivity index (χ1v) is 5.83. The number of rotatable bonds is 3. The Morgan fingerprint density at radius 1 is 1.29 bits per heavy atom. The Morgan fingerprint density at radius 2 is 2.06 bits per heavy atom. The SMILES string of the molecule is CNC(=O)c1cccc(NC(=O)C2CCC2)c1. The van der Waals surface area contributed by atoms with Gasteiger partial charge in [0.1, 0.15) is 0 Å². The molecule has 0 aliphatic heterocycles. The fraction of sp³-hybridized carbons (Fsp3) is 0.385. The molecule has 0 bridgehead atoms. The lowest BCUT2D eigenvalue weighted by Gasteiger charge is -2.24. The lowest BCUT2D eigenvalue weighted by Crippen LogP contribution is -2.28. The second kappa shape index (κ2) is 4.99. The molecule has 4 nitrogen and oxygen atoms in total. The van der Waals surface area contributed by atoms with Crippen molar-refractivity contribution < 1.29 is 9.59 Å². The molecule has 1 aliphatic rings. The average molecular weight is 232 g/mol. The molecule has 2 rings (SSSR count). The highest BCUT2D eigenvalue weighted by Gasteiger charge is 2.25. The molecule has 1 fully saturated rings. The summed E-state index contributed by atoms with van der Waals surface area (Å²) < 4.78 is 0. The summed E-state index contributed by atoms with van der Waals surface area (Å²) in [4.78, 5) is 23.2. The molecule has 0 spiro atoms. The van der Waals surface area contributed by atoms with Gasteiger partial charge in [-0.05, 0) is 31.0 Å². The van der Waals surface area contributed by atoms with Crippen LogP contribution in [0.4, 0.5) is 5.69 Å². The van der Waals surface area contributed by atoms with Crippen molar-refractivity contribution in [3.8, 4) is 0 Å². The number of hydrogen-bond acceptors (Lipinski definition) is 2. The third-order valence-corrected chi connectivity index (χ3v) is 3.10. The lowest BCUT2D eigenvalue weighted by atomic mass is 9.85. The highest BCUT2D eigenvalue weighted by atomic mass is 16.2. The quantitative estimate of drug-likeness (QED) is 0.834. The van der Waals surface area contributed by atoms with E-state index < -0.39 is 0 Å². The zero-order valence-corrected chi connectivity index (χ0v) is 9.82. The second-order valence-electron chi connectivity index (χ2n) is 4.28. The Kier molecular flexibility index (Phi) is 3.42. The van der Waals surface area contributed by atoms with Crippen molar-refractivity contribution in [1.82, 2.24) is 5.32 Å². The number of hydrogen-bond donors (Lipinski definition) is 2. The maximum absolute atomic E-state index is 11.7. The zero-order chi connectivity index (χ0) is 12.3. The molecule has 0 saturated heterocycles. The van der Waals surface area contributed by atoms with Gasteiger partial charge in [-0.3, -0.25) is 9.59 Å². The van der Waals surface area contributed by atoms with Gasteiger partial charge in [-0.25, -0.2) is 0 Å². The smallest absolute Gasteiger partial charge is 0.251 e. The number of carbonyl (C=O) groups is 2. The molecule has 2 amide bonds. The van der Waals surface area contributed by atoms with Crippen molar-refractivity contribution in [2.24, 2.45) is 5.92 Å². The summed E-state index contributed by atoms with van der Waals surface area (Å²) in [6.45, 7) is 0. The predicted octanol–water partition coefficient (Wildman–Crippen LogP) is 1.78. The van der Waals surface area contributed by atoms with Gasteiger partial charge in [-0.15, -0.1) is 0 Å². The molecule has 90 valence electrons. The molecule has 0 atom stereocenters. The van der Waals surface area contributed by atoms with Crippen LogP contribution in [0.1, 0.15) is 29.6 Å². The molecule has 1 aromatic carbocycles. The van der Waals surface area contributed by atoms with Crippen molar-refractivity contribution in [2.45, 2.75) is 19.3 Å². The Morgan fingerprint density at radius 3 is 2.65 bits per heavy atom. The van der Waals surface area contributed by atoms with Crippen molar-refractivity contribution >= 4 is 17.5 Å². The molecule has 1 saturated carbocycles. The Labute approximate surface area is 100 Å². The summed E-state index contributed by atoms with van der Waals surface area (Å²) in [5.74, 6) is 0.0636. The van der Waals surface area contributed by atoms with Crippen molar-refractivity contribution in [3.63, 3.8) is 0 Å². The van der Waals surface area contributed by atoms with Crippen LogP contribution in [-0.4, -0.2) is 18.9 Å². The molecule has 1 aliphatic carbocycles. The standard InChI is InChI=1S/C13H16N2O2/c1-14-12(16)10-6-3-7-11(8-10)15-13(17)9-4-2-5-9/h3,6-9H,2,4-5H2,1H3,(H,14,16)(H,15,17). The van der Waals surface area contributed by atoms with Crippen LogP contribution < -0.4 is 10.6 Å². The Balaban J connectivity index is 2.05. The average Bonchev–Trinajstić information content (AvgIpc) is 2.26. The van der Waals surface area contributed by atoms with Crippen molar-refractivity contribution in [2.75, 3.05) is 12.4 Å². The summed E-state index contributed by atoms with van der Waals surface area (Å²) in [5.41, 5.74) is 1.24. The number of carbonyl (C=O) groups excluding carboxylic acids is 2. The van der Waals surface area contributed by atoms with Crippen LogP contribution in [-0.2, 0) is 4.79 Å². The summed E-state index contributed by atoms with van der Waals surface area (Å²) in [7, 11) is 1.59. The van der Waals surface area contributed by atoms with E-state index in [1.54, 1.807) is 31.3 Å². The number of nitrogens with one attached hydrogen (secondary N) is 2. The van der Waals surface area contributed by atoms with Gasteiger partial charge in [0, 0.05) is 24.2 Å². The van der Waals surface area contributed by atoms with Crippen LogP contribution >= 0.6 is 0 Å². The van der Waals surface area contributed by atoms with E-state index >= 15 is 0 Å². The molecule has 1 aromatic rings. The fourth-order valence-corrected chi connectivity index (χ4v) is 1.80. The van der Waals surface area contributed by atoms with Gasteiger partial charge in [-0.1, -0.05) is 12.5 Å². The van der Waals surface area contributed by atoms with E-state index in [2.05, 4.69) is 10.6 Å². The maximum Gasteiger partial charge on any atom is 0.251 e. The van der Waals surface area contributed by atoms with Gasteiger partial charge in [0.15, 0.2) is 0 Å². The van der Waals surface area contributed by atoms with Crippen LogP contribution in [0.15, 0.2) is 24.3 Å². The van der Waals surface area contributed by atoms with E-state index in [9.17, 15) is 9.59 Å². The van der Waals surface area contributed by atoms with Crippen molar-refractivity contribution in [3.05, 3.63) is 29.8 Å². The van der Waals surface area contributed by atoms with Crippen molar-refractivity contribution in [1.29, 1.82) is 0 Å². The minimum atomic E-state index is -0.148. The molecule has 2 N–H and O–H groups in total. The Hall–Kier alpha value is -1.84. The Bertz CT molecular complexity index is 439. The van der Waals surface area contributed by atoms with Crippen LogP contribution in [0.2, 0.25) is 0 Å². The molecule has 0 radical (unpaired) electrons. The van der Waals surface area contributed by atoms with Gasteiger partial charge in [-0.2, -0.15) is 0 Å². The number of anilines is 1. The van der Waals surface area contributed by atoms with E-state index in [1.165, 1.54) is 0 Å². The normalized spacial score (nSPS) is 14.9.